The highest BCUT2D eigenvalue weighted by atomic mass is 16.3. The lowest BCUT2D eigenvalue weighted by Crippen LogP contribution is -2.43. The molecule has 2 amide bonds. The highest BCUT2D eigenvalue weighted by Crippen LogP contribution is 2.21. The van der Waals surface area contributed by atoms with Crippen LogP contribution in [0, 0.1) is 5.92 Å². The van der Waals surface area contributed by atoms with Gasteiger partial charge in [0, 0.05) is 12.6 Å². The molecule has 20 heavy (non-hydrogen) atoms. The summed E-state index contributed by atoms with van der Waals surface area (Å²) in [4.78, 5) is 12.0. The van der Waals surface area contributed by atoms with Gasteiger partial charge >= 0.3 is 6.03 Å². The van der Waals surface area contributed by atoms with Crippen LogP contribution in [-0.2, 0) is 0 Å². The van der Waals surface area contributed by atoms with Crippen LogP contribution in [0.3, 0.4) is 0 Å². The van der Waals surface area contributed by atoms with Gasteiger partial charge in [-0.25, -0.2) is 4.79 Å². The Morgan fingerprint density at radius 1 is 1.15 bits per heavy atom. The first-order chi connectivity index (χ1) is 9.54. The Hall–Kier alpha value is -1.55. The zero-order valence-electron chi connectivity index (χ0n) is 12.6. The van der Waals surface area contributed by atoms with Crippen molar-refractivity contribution in [3.05, 3.63) is 35.9 Å². The lowest BCUT2D eigenvalue weighted by Gasteiger charge is -2.24. The number of amides is 2. The van der Waals surface area contributed by atoms with Crippen molar-refractivity contribution >= 4 is 6.03 Å². The molecule has 0 aromatic heterocycles. The lowest BCUT2D eigenvalue weighted by molar-refractivity contribution is 0.227. The quantitative estimate of drug-likeness (QED) is 0.718. The van der Waals surface area contributed by atoms with Crippen LogP contribution in [-0.4, -0.2) is 23.8 Å². The fourth-order valence-electron chi connectivity index (χ4n) is 2.17. The first kappa shape index (κ1) is 16.5. The molecule has 1 rings (SSSR count). The van der Waals surface area contributed by atoms with Crippen molar-refractivity contribution in [3.8, 4) is 0 Å². The van der Waals surface area contributed by atoms with E-state index in [4.69, 9.17) is 5.11 Å². The van der Waals surface area contributed by atoms with Gasteiger partial charge in [-0.15, -0.1) is 0 Å². The number of benzene rings is 1. The second-order valence-electron chi connectivity index (χ2n) is 5.52. The van der Waals surface area contributed by atoms with Gasteiger partial charge in [-0.05, 0) is 31.2 Å². The molecule has 0 spiro atoms. The fourth-order valence-corrected chi connectivity index (χ4v) is 2.17. The van der Waals surface area contributed by atoms with E-state index in [1.54, 1.807) is 0 Å². The average molecular weight is 278 g/mol. The number of carbonyl (C=O) groups excluding carboxylic acids is 1. The summed E-state index contributed by atoms with van der Waals surface area (Å²) in [6, 6.07) is 9.89. The number of nitrogens with one attached hydrogen (secondary N) is 2. The lowest BCUT2D eigenvalue weighted by atomic mass is 9.96. The van der Waals surface area contributed by atoms with Gasteiger partial charge in [0.2, 0.25) is 0 Å². The SMILES string of the molecule is CC(CCCO)NC(=O)NC(c1ccccc1)C(C)C. The largest absolute Gasteiger partial charge is 0.396 e. The maximum atomic E-state index is 12.0. The number of hydrogen-bond donors (Lipinski definition) is 3. The van der Waals surface area contributed by atoms with Gasteiger partial charge in [0.15, 0.2) is 0 Å². The Labute approximate surface area is 121 Å². The van der Waals surface area contributed by atoms with Gasteiger partial charge in [-0.1, -0.05) is 44.2 Å². The minimum absolute atomic E-state index is 0.00115. The van der Waals surface area contributed by atoms with Crippen LogP contribution < -0.4 is 10.6 Å². The van der Waals surface area contributed by atoms with Gasteiger partial charge in [0.05, 0.1) is 6.04 Å². The van der Waals surface area contributed by atoms with E-state index < -0.39 is 0 Å². The zero-order valence-corrected chi connectivity index (χ0v) is 12.6. The van der Waals surface area contributed by atoms with Crippen LogP contribution >= 0.6 is 0 Å². The van der Waals surface area contributed by atoms with Crippen molar-refractivity contribution in [1.29, 1.82) is 0 Å². The Balaban J connectivity index is 2.56. The molecule has 0 aliphatic carbocycles. The van der Waals surface area contributed by atoms with Crippen LogP contribution in [0.25, 0.3) is 0 Å². The Morgan fingerprint density at radius 2 is 1.80 bits per heavy atom. The van der Waals surface area contributed by atoms with E-state index in [1.165, 1.54) is 0 Å². The third-order valence-electron chi connectivity index (χ3n) is 3.28. The van der Waals surface area contributed by atoms with Crippen molar-refractivity contribution in [2.45, 2.75) is 45.7 Å². The summed E-state index contributed by atoms with van der Waals surface area (Å²) in [5.41, 5.74) is 1.11. The molecule has 1 aromatic rings. The first-order valence-corrected chi connectivity index (χ1v) is 7.27. The predicted molar refractivity (Wildman–Crippen MR) is 81.5 cm³/mol. The van der Waals surface area contributed by atoms with Crippen molar-refractivity contribution in [3.63, 3.8) is 0 Å². The van der Waals surface area contributed by atoms with E-state index in [1.807, 2.05) is 37.3 Å². The van der Waals surface area contributed by atoms with Crippen LogP contribution in [0.4, 0.5) is 4.79 Å². The summed E-state index contributed by atoms with van der Waals surface area (Å²) < 4.78 is 0. The van der Waals surface area contributed by atoms with E-state index in [2.05, 4.69) is 24.5 Å². The molecule has 3 N–H and O–H groups in total. The predicted octanol–water partition coefficient (Wildman–Crippen LogP) is 2.84. The third kappa shape index (κ3) is 5.61. The van der Waals surface area contributed by atoms with Crippen LogP contribution in [0.15, 0.2) is 30.3 Å². The fraction of sp³-hybridized carbons (Fsp3) is 0.562. The van der Waals surface area contributed by atoms with E-state index in [9.17, 15) is 4.79 Å². The maximum Gasteiger partial charge on any atom is 0.315 e. The second-order valence-corrected chi connectivity index (χ2v) is 5.52. The van der Waals surface area contributed by atoms with Gasteiger partial charge in [-0.3, -0.25) is 0 Å². The van der Waals surface area contributed by atoms with E-state index >= 15 is 0 Å². The summed E-state index contributed by atoms with van der Waals surface area (Å²) in [5, 5.41) is 14.7. The molecular formula is C16H26N2O2. The Bertz CT molecular complexity index is 393. The molecule has 1 aromatic carbocycles. The Morgan fingerprint density at radius 3 is 2.35 bits per heavy atom. The molecule has 0 fully saturated rings. The second kappa shape index (κ2) is 8.59. The van der Waals surface area contributed by atoms with Gasteiger partial charge < -0.3 is 15.7 Å². The van der Waals surface area contributed by atoms with Gasteiger partial charge in [-0.2, -0.15) is 0 Å². The molecule has 2 atom stereocenters. The summed E-state index contributed by atoms with van der Waals surface area (Å²) >= 11 is 0. The summed E-state index contributed by atoms with van der Waals surface area (Å²) in [6.07, 6.45) is 1.48. The van der Waals surface area contributed by atoms with Crippen molar-refractivity contribution in [2.75, 3.05) is 6.61 Å². The minimum Gasteiger partial charge on any atom is -0.396 e. The molecule has 0 saturated carbocycles. The van der Waals surface area contributed by atoms with Crippen molar-refractivity contribution in [2.24, 2.45) is 5.92 Å². The maximum absolute atomic E-state index is 12.0. The minimum atomic E-state index is -0.155. The number of urea groups is 1. The molecule has 2 unspecified atom stereocenters. The molecule has 0 radical (unpaired) electrons. The van der Waals surface area contributed by atoms with Crippen LogP contribution in [0.5, 0.6) is 0 Å². The molecule has 0 saturated heterocycles. The van der Waals surface area contributed by atoms with E-state index in [-0.39, 0.29) is 24.7 Å². The van der Waals surface area contributed by atoms with Crippen molar-refractivity contribution < 1.29 is 9.90 Å². The highest BCUT2D eigenvalue weighted by Gasteiger charge is 2.18. The third-order valence-corrected chi connectivity index (χ3v) is 3.28. The Kier molecular flexibility index (Phi) is 7.09. The number of rotatable bonds is 7. The topological polar surface area (TPSA) is 61.4 Å². The normalized spacial score (nSPS) is 13.8. The number of aliphatic hydroxyl groups is 1. The average Bonchev–Trinajstić information content (AvgIpc) is 2.43. The van der Waals surface area contributed by atoms with Crippen LogP contribution in [0.1, 0.15) is 45.2 Å². The standard InChI is InChI=1S/C16H26N2O2/c1-12(2)15(14-9-5-4-6-10-14)18-16(20)17-13(3)8-7-11-19/h4-6,9-10,12-13,15,19H,7-8,11H2,1-3H3,(H2,17,18,20). The molecule has 0 heterocycles. The highest BCUT2D eigenvalue weighted by molar-refractivity contribution is 5.74. The van der Waals surface area contributed by atoms with Crippen molar-refractivity contribution in [1.82, 2.24) is 10.6 Å². The van der Waals surface area contributed by atoms with Gasteiger partial charge in [0.25, 0.3) is 0 Å². The molecular weight excluding hydrogens is 252 g/mol. The molecule has 0 bridgehead atoms. The van der Waals surface area contributed by atoms with Gasteiger partial charge in [0.1, 0.15) is 0 Å². The smallest absolute Gasteiger partial charge is 0.315 e. The summed E-state index contributed by atoms with van der Waals surface area (Å²) in [6.45, 7) is 6.29. The number of hydrogen-bond acceptors (Lipinski definition) is 2. The number of carbonyl (C=O) groups is 1. The monoisotopic (exact) mass is 278 g/mol. The van der Waals surface area contributed by atoms with E-state index in [0.29, 0.717) is 12.3 Å². The molecule has 4 nitrogen and oxygen atoms in total. The molecule has 112 valence electrons. The van der Waals surface area contributed by atoms with Crippen LogP contribution in [0.2, 0.25) is 0 Å². The molecule has 4 heteroatoms. The van der Waals surface area contributed by atoms with E-state index in [0.717, 1.165) is 12.0 Å². The molecule has 0 aliphatic heterocycles. The summed E-state index contributed by atoms with van der Waals surface area (Å²) in [7, 11) is 0. The summed E-state index contributed by atoms with van der Waals surface area (Å²) in [5.74, 6) is 0.316. The number of aliphatic hydroxyl groups excluding tert-OH is 1. The zero-order chi connectivity index (χ0) is 15.0. The molecule has 0 aliphatic rings. The first-order valence-electron chi connectivity index (χ1n) is 7.27.